The first-order valence-electron chi connectivity index (χ1n) is 13.3. The molecule has 5 heteroatoms. The van der Waals surface area contributed by atoms with E-state index in [9.17, 15) is 14.0 Å². The van der Waals surface area contributed by atoms with Crippen LogP contribution < -0.4 is 10.6 Å². The van der Waals surface area contributed by atoms with Gasteiger partial charge >= 0.3 is 0 Å². The molecule has 0 radical (unpaired) electrons. The summed E-state index contributed by atoms with van der Waals surface area (Å²) in [4.78, 5) is 26.5. The normalized spacial score (nSPS) is 15.9. The standard InChI is InChI=1S/C31H45FN2O2/c1-21(2)29(35)28(19-26-15-11-12-16-27(26)32)33-24(6)18-17-23(5)30(36)31(7,34-22(3)4)20-25-13-9-8-10-14-25/h8-16,21-24,28,33-34H,17-20H2,1-7H3/t23?,24?,28-,31-/m0/s1. The van der Waals surface area contributed by atoms with E-state index in [-0.39, 0.29) is 41.3 Å². The van der Waals surface area contributed by atoms with Crippen molar-refractivity contribution in [1.29, 1.82) is 0 Å². The van der Waals surface area contributed by atoms with E-state index in [1.165, 1.54) is 6.07 Å². The summed E-state index contributed by atoms with van der Waals surface area (Å²) in [5, 5.41) is 6.96. The zero-order valence-electron chi connectivity index (χ0n) is 23.1. The Morgan fingerprint density at radius 1 is 0.889 bits per heavy atom. The topological polar surface area (TPSA) is 58.2 Å². The average Bonchev–Trinajstić information content (AvgIpc) is 2.82. The summed E-state index contributed by atoms with van der Waals surface area (Å²) in [6, 6.07) is 16.5. The second-order valence-corrected chi connectivity index (χ2v) is 11.1. The Balaban J connectivity index is 2.05. The van der Waals surface area contributed by atoms with Crippen LogP contribution >= 0.6 is 0 Å². The molecule has 2 N–H and O–H groups in total. The van der Waals surface area contributed by atoms with Crippen molar-refractivity contribution in [2.24, 2.45) is 11.8 Å². The van der Waals surface area contributed by atoms with E-state index in [4.69, 9.17) is 0 Å². The third kappa shape index (κ3) is 8.94. The Morgan fingerprint density at radius 2 is 1.50 bits per heavy atom. The highest BCUT2D eigenvalue weighted by molar-refractivity contribution is 5.90. The molecule has 36 heavy (non-hydrogen) atoms. The Labute approximate surface area is 217 Å². The number of Topliss-reactive ketones (excluding diaryl/α,β-unsaturated/α-hetero) is 2. The van der Waals surface area contributed by atoms with E-state index < -0.39 is 11.6 Å². The maximum Gasteiger partial charge on any atom is 0.155 e. The summed E-state index contributed by atoms with van der Waals surface area (Å²) in [5.74, 6) is -0.301. The summed E-state index contributed by atoms with van der Waals surface area (Å²) in [6.45, 7) is 13.9. The Morgan fingerprint density at radius 3 is 2.08 bits per heavy atom. The SMILES string of the molecule is CC(C)N[C@@](C)(Cc1ccccc1)C(=O)C(C)CCC(C)N[C@@H](Cc1ccccc1F)C(=O)C(C)C. The highest BCUT2D eigenvalue weighted by Gasteiger charge is 2.36. The lowest BCUT2D eigenvalue weighted by Gasteiger charge is -2.34. The van der Waals surface area contributed by atoms with Crippen molar-refractivity contribution >= 4 is 11.6 Å². The van der Waals surface area contributed by atoms with Crippen LogP contribution in [0.3, 0.4) is 0 Å². The van der Waals surface area contributed by atoms with Crippen molar-refractivity contribution in [2.75, 3.05) is 0 Å². The lowest BCUT2D eigenvalue weighted by molar-refractivity contribution is -0.129. The summed E-state index contributed by atoms with van der Waals surface area (Å²) < 4.78 is 14.3. The molecule has 198 valence electrons. The molecule has 2 unspecified atom stereocenters. The van der Waals surface area contributed by atoms with Crippen LogP contribution in [0.15, 0.2) is 54.6 Å². The fourth-order valence-corrected chi connectivity index (χ4v) is 4.98. The first-order valence-corrected chi connectivity index (χ1v) is 13.3. The maximum absolute atomic E-state index is 14.3. The number of hydrogen-bond acceptors (Lipinski definition) is 4. The second kappa shape index (κ2) is 13.8. The van der Waals surface area contributed by atoms with Crippen LogP contribution in [0.5, 0.6) is 0 Å². The molecule has 0 spiro atoms. The van der Waals surface area contributed by atoms with Gasteiger partial charge < -0.3 is 10.6 Å². The van der Waals surface area contributed by atoms with E-state index in [0.717, 1.165) is 12.0 Å². The molecule has 0 aliphatic carbocycles. The lowest BCUT2D eigenvalue weighted by Crippen LogP contribution is -2.55. The van der Waals surface area contributed by atoms with Gasteiger partial charge in [0.15, 0.2) is 11.6 Å². The summed E-state index contributed by atoms with van der Waals surface area (Å²) in [6.07, 6.45) is 2.40. The molecule has 0 heterocycles. The molecule has 4 nitrogen and oxygen atoms in total. The predicted octanol–water partition coefficient (Wildman–Crippen LogP) is 5.92. The van der Waals surface area contributed by atoms with E-state index in [0.29, 0.717) is 24.8 Å². The van der Waals surface area contributed by atoms with Gasteiger partial charge in [-0.05, 0) is 70.6 Å². The van der Waals surface area contributed by atoms with Gasteiger partial charge in [0.25, 0.3) is 0 Å². The van der Waals surface area contributed by atoms with Gasteiger partial charge in [-0.3, -0.25) is 9.59 Å². The number of carbonyl (C=O) groups excluding carboxylic acids is 2. The van der Waals surface area contributed by atoms with E-state index >= 15 is 0 Å². The molecule has 0 saturated carbocycles. The fraction of sp³-hybridized carbons (Fsp3) is 0.548. The number of hydrogen-bond donors (Lipinski definition) is 2. The third-order valence-corrected chi connectivity index (χ3v) is 6.81. The minimum absolute atomic E-state index is 0.0122. The van der Waals surface area contributed by atoms with Crippen LogP contribution in [0.4, 0.5) is 4.39 Å². The van der Waals surface area contributed by atoms with Gasteiger partial charge in [0.05, 0.1) is 11.6 Å². The van der Waals surface area contributed by atoms with Gasteiger partial charge in [-0.1, -0.05) is 69.3 Å². The minimum Gasteiger partial charge on any atom is -0.305 e. The van der Waals surface area contributed by atoms with Crippen LogP contribution in [0.2, 0.25) is 0 Å². The third-order valence-electron chi connectivity index (χ3n) is 6.81. The predicted molar refractivity (Wildman–Crippen MR) is 147 cm³/mol. The first kappa shape index (κ1) is 29.9. The van der Waals surface area contributed by atoms with Crippen molar-refractivity contribution in [3.05, 3.63) is 71.5 Å². The van der Waals surface area contributed by atoms with Crippen molar-refractivity contribution in [3.8, 4) is 0 Å². The quantitative estimate of drug-likeness (QED) is 0.321. The first-order chi connectivity index (χ1) is 16.9. The monoisotopic (exact) mass is 496 g/mol. The summed E-state index contributed by atoms with van der Waals surface area (Å²) in [5.41, 5.74) is 1.01. The smallest absolute Gasteiger partial charge is 0.155 e. The molecule has 0 saturated heterocycles. The van der Waals surface area contributed by atoms with Gasteiger partial charge in [0, 0.05) is 23.9 Å². The minimum atomic E-state index is -0.660. The van der Waals surface area contributed by atoms with Gasteiger partial charge in [-0.2, -0.15) is 0 Å². The van der Waals surface area contributed by atoms with Crippen molar-refractivity contribution in [2.45, 2.75) is 97.8 Å². The van der Waals surface area contributed by atoms with Crippen LogP contribution in [0.25, 0.3) is 0 Å². The second-order valence-electron chi connectivity index (χ2n) is 11.1. The zero-order valence-corrected chi connectivity index (χ0v) is 23.1. The van der Waals surface area contributed by atoms with Gasteiger partial charge in [-0.15, -0.1) is 0 Å². The largest absolute Gasteiger partial charge is 0.305 e. The van der Waals surface area contributed by atoms with Gasteiger partial charge in [0.1, 0.15) is 5.82 Å². The number of rotatable bonds is 15. The molecular weight excluding hydrogens is 451 g/mol. The number of ketones is 2. The van der Waals surface area contributed by atoms with Gasteiger partial charge in [-0.25, -0.2) is 4.39 Å². The van der Waals surface area contributed by atoms with Crippen LogP contribution in [-0.2, 0) is 22.4 Å². The molecule has 2 aromatic carbocycles. The molecule has 0 aliphatic heterocycles. The fourth-order valence-electron chi connectivity index (χ4n) is 4.98. The van der Waals surface area contributed by atoms with Crippen LogP contribution in [0.1, 0.15) is 72.4 Å². The molecule has 0 bridgehead atoms. The lowest BCUT2D eigenvalue weighted by atomic mass is 9.80. The number of carbonyl (C=O) groups is 2. The van der Waals surface area contributed by atoms with E-state index in [2.05, 4.69) is 36.6 Å². The van der Waals surface area contributed by atoms with Crippen molar-refractivity contribution < 1.29 is 14.0 Å². The average molecular weight is 497 g/mol. The maximum atomic E-state index is 14.3. The number of nitrogens with one attached hydrogen (secondary N) is 2. The molecule has 4 atom stereocenters. The zero-order chi connectivity index (χ0) is 26.9. The number of halogens is 1. The molecule has 0 amide bonds. The molecule has 2 aromatic rings. The molecule has 0 aromatic heterocycles. The number of benzene rings is 2. The summed E-state index contributed by atoms with van der Waals surface area (Å²) in [7, 11) is 0. The van der Waals surface area contributed by atoms with Crippen molar-refractivity contribution in [3.63, 3.8) is 0 Å². The summed E-state index contributed by atoms with van der Waals surface area (Å²) >= 11 is 0. The van der Waals surface area contributed by atoms with Crippen LogP contribution in [-0.4, -0.2) is 35.2 Å². The Kier molecular flexibility index (Phi) is 11.4. The highest BCUT2D eigenvalue weighted by Crippen LogP contribution is 2.23. The Hall–Kier alpha value is -2.37. The molecule has 0 fully saturated rings. The van der Waals surface area contributed by atoms with Crippen LogP contribution in [0, 0.1) is 17.7 Å². The van der Waals surface area contributed by atoms with E-state index in [1.807, 2.05) is 52.8 Å². The Bertz CT molecular complexity index is 976. The molecular formula is C31H45FN2O2. The molecule has 0 aliphatic rings. The molecule has 2 rings (SSSR count). The highest BCUT2D eigenvalue weighted by atomic mass is 19.1. The van der Waals surface area contributed by atoms with E-state index in [1.54, 1.807) is 18.2 Å². The van der Waals surface area contributed by atoms with Crippen molar-refractivity contribution in [1.82, 2.24) is 10.6 Å². The van der Waals surface area contributed by atoms with Gasteiger partial charge in [0.2, 0.25) is 0 Å².